The summed E-state index contributed by atoms with van der Waals surface area (Å²) in [5, 5.41) is 6.82. The van der Waals surface area contributed by atoms with Gasteiger partial charge in [-0.3, -0.25) is 4.79 Å². The summed E-state index contributed by atoms with van der Waals surface area (Å²) in [4.78, 5) is 14.9. The molecule has 31 heavy (non-hydrogen) atoms. The van der Waals surface area contributed by atoms with Crippen LogP contribution in [0.4, 0.5) is 11.4 Å². The summed E-state index contributed by atoms with van der Waals surface area (Å²) in [6.45, 7) is 1.39. The smallest absolute Gasteiger partial charge is 0.251 e. The van der Waals surface area contributed by atoms with Crippen LogP contribution < -0.4 is 15.5 Å². The van der Waals surface area contributed by atoms with Crippen molar-refractivity contribution in [2.75, 3.05) is 37.5 Å². The van der Waals surface area contributed by atoms with E-state index in [2.05, 4.69) is 78.2 Å². The van der Waals surface area contributed by atoms with E-state index < -0.39 is 0 Å². The number of amides is 1. The minimum atomic E-state index is -0.0155. The van der Waals surface area contributed by atoms with Gasteiger partial charge < -0.3 is 20.3 Å². The number of benzene rings is 2. The predicted octanol–water partition coefficient (Wildman–Crippen LogP) is 4.49. The number of carbonyl (C=O) groups is 1. The minimum Gasteiger partial charge on any atom is -0.378 e. The van der Waals surface area contributed by atoms with Crippen molar-refractivity contribution in [3.8, 4) is 0 Å². The first-order chi connectivity index (χ1) is 15.1. The van der Waals surface area contributed by atoms with Crippen LogP contribution in [-0.2, 0) is 4.74 Å². The lowest BCUT2D eigenvalue weighted by Crippen LogP contribution is -2.32. The molecule has 5 nitrogen and oxygen atoms in total. The Kier molecular flexibility index (Phi) is 5.45. The molecule has 1 aliphatic carbocycles. The van der Waals surface area contributed by atoms with Crippen molar-refractivity contribution >= 4 is 17.3 Å². The number of carbonyl (C=O) groups excluding carboxylic acids is 1. The Morgan fingerprint density at radius 3 is 2.77 bits per heavy atom. The highest BCUT2D eigenvalue weighted by Crippen LogP contribution is 2.50. The van der Waals surface area contributed by atoms with E-state index in [0.29, 0.717) is 18.4 Å². The molecule has 3 aliphatic rings. The van der Waals surface area contributed by atoms with Crippen molar-refractivity contribution in [3.63, 3.8) is 0 Å². The van der Waals surface area contributed by atoms with E-state index in [9.17, 15) is 4.79 Å². The van der Waals surface area contributed by atoms with E-state index >= 15 is 0 Å². The Hall–Kier alpha value is -2.79. The number of nitrogens with one attached hydrogen (secondary N) is 2. The molecule has 2 N–H and O–H groups in total. The van der Waals surface area contributed by atoms with Gasteiger partial charge in [0.2, 0.25) is 0 Å². The number of rotatable bonds is 5. The second-order valence-electron chi connectivity index (χ2n) is 9.11. The molecule has 0 spiro atoms. The lowest BCUT2D eigenvalue weighted by atomic mass is 9.76. The second kappa shape index (κ2) is 8.39. The van der Waals surface area contributed by atoms with Gasteiger partial charge in [-0.25, -0.2) is 0 Å². The third-order valence-electron chi connectivity index (χ3n) is 6.91. The minimum absolute atomic E-state index is 0.0155. The Morgan fingerprint density at radius 1 is 1.19 bits per heavy atom. The van der Waals surface area contributed by atoms with Gasteiger partial charge in [0, 0.05) is 50.1 Å². The molecule has 2 aromatic carbocycles. The van der Waals surface area contributed by atoms with Gasteiger partial charge in [-0.05, 0) is 66.6 Å². The van der Waals surface area contributed by atoms with E-state index in [1.807, 2.05) is 6.07 Å². The first kappa shape index (κ1) is 20.1. The average Bonchev–Trinajstić information content (AvgIpc) is 3.49. The van der Waals surface area contributed by atoms with E-state index in [1.54, 1.807) is 0 Å². The van der Waals surface area contributed by atoms with Crippen LogP contribution in [0.2, 0.25) is 0 Å². The van der Waals surface area contributed by atoms with Crippen molar-refractivity contribution in [2.24, 2.45) is 5.92 Å². The van der Waals surface area contributed by atoms with Crippen LogP contribution in [0.15, 0.2) is 54.6 Å². The van der Waals surface area contributed by atoms with Gasteiger partial charge in [0.05, 0.1) is 12.1 Å². The maximum atomic E-state index is 12.7. The van der Waals surface area contributed by atoms with Crippen molar-refractivity contribution in [2.45, 2.75) is 37.3 Å². The molecule has 1 amide bonds. The standard InChI is InChI=1S/C26H31N3O2/c1-29(2)19-11-8-17(9-12-19)25-22-7-3-6-21(22)23-15-18(10-13-24(23)28-25)26(30)27-16-20-5-4-14-31-20/h3,6,8-13,15,20-22,25,28H,4-5,7,14,16H2,1-2H3,(H,27,30). The summed E-state index contributed by atoms with van der Waals surface area (Å²) in [7, 11) is 4.13. The summed E-state index contributed by atoms with van der Waals surface area (Å²) in [6, 6.07) is 15.2. The molecule has 1 saturated heterocycles. The maximum Gasteiger partial charge on any atom is 0.251 e. The number of ether oxygens (including phenoxy) is 1. The largest absolute Gasteiger partial charge is 0.378 e. The normalized spacial score (nSPS) is 26.1. The Labute approximate surface area is 184 Å². The fourth-order valence-corrected chi connectivity index (χ4v) is 5.16. The summed E-state index contributed by atoms with van der Waals surface area (Å²) in [5.74, 6) is 0.779. The molecule has 0 bridgehead atoms. The summed E-state index contributed by atoms with van der Waals surface area (Å²) in [5.41, 5.74) is 5.61. The van der Waals surface area contributed by atoms with E-state index in [-0.39, 0.29) is 18.1 Å². The van der Waals surface area contributed by atoms with Crippen molar-refractivity contribution in [1.29, 1.82) is 0 Å². The first-order valence-corrected chi connectivity index (χ1v) is 11.3. The molecule has 0 radical (unpaired) electrons. The van der Waals surface area contributed by atoms with Crippen molar-refractivity contribution in [3.05, 3.63) is 71.3 Å². The zero-order valence-electron chi connectivity index (χ0n) is 18.3. The number of hydrogen-bond acceptors (Lipinski definition) is 4. The van der Waals surface area contributed by atoms with Crippen LogP contribution in [0.25, 0.3) is 0 Å². The monoisotopic (exact) mass is 417 g/mol. The first-order valence-electron chi connectivity index (χ1n) is 11.3. The number of anilines is 2. The molecular weight excluding hydrogens is 386 g/mol. The van der Waals surface area contributed by atoms with Gasteiger partial charge >= 0.3 is 0 Å². The van der Waals surface area contributed by atoms with Crippen LogP contribution in [-0.4, -0.2) is 39.3 Å². The molecule has 4 unspecified atom stereocenters. The molecule has 1 fully saturated rings. The maximum absolute atomic E-state index is 12.7. The summed E-state index contributed by atoms with van der Waals surface area (Å²) >= 11 is 0. The fraction of sp³-hybridized carbons (Fsp3) is 0.423. The zero-order chi connectivity index (χ0) is 21.4. The fourth-order valence-electron chi connectivity index (χ4n) is 5.16. The van der Waals surface area contributed by atoms with Crippen LogP contribution >= 0.6 is 0 Å². The highest BCUT2D eigenvalue weighted by molar-refractivity contribution is 5.95. The van der Waals surface area contributed by atoms with E-state index in [0.717, 1.165) is 37.1 Å². The van der Waals surface area contributed by atoms with E-state index in [1.165, 1.54) is 16.8 Å². The summed E-state index contributed by atoms with van der Waals surface area (Å²) in [6.07, 6.45) is 7.92. The van der Waals surface area contributed by atoms with Gasteiger partial charge in [0.15, 0.2) is 0 Å². The second-order valence-corrected chi connectivity index (χ2v) is 9.11. The van der Waals surface area contributed by atoms with E-state index in [4.69, 9.17) is 4.74 Å². The molecule has 2 heterocycles. The number of nitrogens with zero attached hydrogens (tertiary/aromatic N) is 1. The quantitative estimate of drug-likeness (QED) is 0.704. The third kappa shape index (κ3) is 3.94. The summed E-state index contributed by atoms with van der Waals surface area (Å²) < 4.78 is 5.62. The zero-order valence-corrected chi connectivity index (χ0v) is 18.3. The highest BCUT2D eigenvalue weighted by atomic mass is 16.5. The number of allylic oxidation sites excluding steroid dienone is 2. The Balaban J connectivity index is 1.36. The number of hydrogen-bond donors (Lipinski definition) is 2. The Bertz CT molecular complexity index is 977. The van der Waals surface area contributed by atoms with Gasteiger partial charge in [0.25, 0.3) is 5.91 Å². The van der Waals surface area contributed by atoms with Crippen LogP contribution in [0.5, 0.6) is 0 Å². The third-order valence-corrected chi connectivity index (χ3v) is 6.91. The van der Waals surface area contributed by atoms with Gasteiger partial charge in [0.1, 0.15) is 0 Å². The molecule has 2 aliphatic heterocycles. The van der Waals surface area contributed by atoms with Gasteiger partial charge in [-0.15, -0.1) is 0 Å². The molecule has 0 saturated carbocycles. The van der Waals surface area contributed by atoms with Crippen LogP contribution in [0.1, 0.15) is 52.7 Å². The molecule has 5 heteroatoms. The van der Waals surface area contributed by atoms with Crippen molar-refractivity contribution < 1.29 is 9.53 Å². The Morgan fingerprint density at radius 2 is 2.03 bits per heavy atom. The van der Waals surface area contributed by atoms with Gasteiger partial charge in [-0.1, -0.05) is 24.3 Å². The molecular formula is C26H31N3O2. The van der Waals surface area contributed by atoms with Crippen LogP contribution in [0.3, 0.4) is 0 Å². The lowest BCUT2D eigenvalue weighted by molar-refractivity contribution is 0.0857. The molecule has 5 rings (SSSR count). The molecule has 0 aromatic heterocycles. The van der Waals surface area contributed by atoms with Crippen LogP contribution in [0, 0.1) is 5.92 Å². The topological polar surface area (TPSA) is 53.6 Å². The highest BCUT2D eigenvalue weighted by Gasteiger charge is 2.38. The lowest BCUT2D eigenvalue weighted by Gasteiger charge is -2.38. The predicted molar refractivity (Wildman–Crippen MR) is 125 cm³/mol. The van der Waals surface area contributed by atoms with Gasteiger partial charge in [-0.2, -0.15) is 0 Å². The van der Waals surface area contributed by atoms with Crippen molar-refractivity contribution in [1.82, 2.24) is 5.32 Å². The SMILES string of the molecule is CN(C)c1ccc(C2Nc3ccc(C(=O)NCC4CCCO4)cc3C3C=CCC32)cc1. The molecule has 162 valence electrons. The molecule has 4 atom stereocenters. The average molecular weight is 418 g/mol. The number of fused-ring (bicyclic) bond motifs is 3. The molecule has 2 aromatic rings.